The molecule has 20 heavy (non-hydrogen) atoms. The summed E-state index contributed by atoms with van der Waals surface area (Å²) in [6, 6.07) is 4.95. The van der Waals surface area contributed by atoms with Gasteiger partial charge in [-0.3, -0.25) is 0 Å². The van der Waals surface area contributed by atoms with Gasteiger partial charge >= 0.3 is 0 Å². The fraction of sp³-hybridized carbons (Fsp3) is 0.333. The minimum absolute atomic E-state index is 0.330. The van der Waals surface area contributed by atoms with E-state index in [0.717, 1.165) is 17.7 Å². The molecule has 0 saturated heterocycles. The first-order chi connectivity index (χ1) is 9.60. The fourth-order valence-electron chi connectivity index (χ4n) is 2.57. The number of aryl methyl sites for hydroxylation is 2. The van der Waals surface area contributed by atoms with Gasteiger partial charge in [0.05, 0.1) is 11.6 Å². The number of ether oxygens (including phenoxy) is 1. The van der Waals surface area contributed by atoms with Crippen LogP contribution < -0.4 is 4.74 Å². The zero-order valence-electron chi connectivity index (χ0n) is 11.0. The topological polar surface area (TPSA) is 29.5 Å². The minimum atomic E-state index is -0.780. The molecule has 0 radical (unpaired) electrons. The molecule has 1 unspecified atom stereocenters. The number of hydrogen-bond acceptors (Lipinski definition) is 3. The lowest BCUT2D eigenvalue weighted by atomic mass is 10.1. The average molecular weight is 357 g/mol. The van der Waals surface area contributed by atoms with Crippen LogP contribution in [-0.4, -0.2) is 12.2 Å². The Hall–Kier alpha value is -0.910. The molecule has 0 fully saturated rings. The van der Waals surface area contributed by atoms with Crippen LogP contribution in [0, 0.1) is 5.82 Å². The molecule has 106 valence electrons. The predicted molar refractivity (Wildman–Crippen MR) is 81.1 cm³/mol. The molecule has 2 nitrogen and oxygen atoms in total. The van der Waals surface area contributed by atoms with Crippen LogP contribution in [0.5, 0.6) is 5.75 Å². The lowest BCUT2D eigenvalue weighted by Crippen LogP contribution is -2.02. The highest BCUT2D eigenvalue weighted by Gasteiger charge is 2.23. The highest BCUT2D eigenvalue weighted by molar-refractivity contribution is 9.10. The standard InChI is InChI=1S/C15H14BrFO2S/c1-19-12-7-11(17)10(16)6-9(12)15(18)14-5-8-3-2-4-13(8)20-14/h5-7,15,18H,2-4H2,1H3. The molecule has 3 rings (SSSR count). The van der Waals surface area contributed by atoms with Gasteiger partial charge in [-0.05, 0) is 52.9 Å². The molecule has 0 amide bonds. The monoisotopic (exact) mass is 356 g/mol. The molecule has 1 aliphatic carbocycles. The van der Waals surface area contributed by atoms with Gasteiger partial charge in [-0.2, -0.15) is 0 Å². The molecule has 0 spiro atoms. The number of fused-ring (bicyclic) bond motifs is 1. The Morgan fingerprint density at radius 2 is 2.15 bits per heavy atom. The zero-order valence-corrected chi connectivity index (χ0v) is 13.4. The van der Waals surface area contributed by atoms with Crippen LogP contribution >= 0.6 is 27.3 Å². The van der Waals surface area contributed by atoms with E-state index in [9.17, 15) is 9.50 Å². The van der Waals surface area contributed by atoms with Crippen molar-refractivity contribution in [3.63, 3.8) is 0 Å². The van der Waals surface area contributed by atoms with Crippen LogP contribution in [0.1, 0.15) is 33.4 Å². The average Bonchev–Trinajstić information content (AvgIpc) is 3.01. The van der Waals surface area contributed by atoms with Crippen LogP contribution in [-0.2, 0) is 12.8 Å². The summed E-state index contributed by atoms with van der Waals surface area (Å²) in [5, 5.41) is 10.6. The summed E-state index contributed by atoms with van der Waals surface area (Å²) in [6.07, 6.45) is 2.60. The van der Waals surface area contributed by atoms with Crippen molar-refractivity contribution in [2.24, 2.45) is 0 Å². The molecular formula is C15H14BrFO2S. The Bertz CT molecular complexity index is 632. The summed E-state index contributed by atoms with van der Waals surface area (Å²) in [5.41, 5.74) is 1.92. The number of aliphatic hydroxyl groups is 1. The van der Waals surface area contributed by atoms with Crippen molar-refractivity contribution in [2.45, 2.75) is 25.4 Å². The fourth-order valence-corrected chi connectivity index (χ4v) is 4.20. The summed E-state index contributed by atoms with van der Waals surface area (Å²) >= 11 is 4.80. The maximum absolute atomic E-state index is 13.5. The molecule has 2 aromatic rings. The van der Waals surface area contributed by atoms with E-state index in [-0.39, 0.29) is 0 Å². The second-order valence-corrected chi connectivity index (χ2v) is 6.88. The first kappa shape index (κ1) is 14.0. The van der Waals surface area contributed by atoms with Crippen LogP contribution in [0.15, 0.2) is 22.7 Å². The van der Waals surface area contributed by atoms with E-state index in [4.69, 9.17) is 4.74 Å². The van der Waals surface area contributed by atoms with Crippen molar-refractivity contribution in [3.8, 4) is 5.75 Å². The van der Waals surface area contributed by atoms with Crippen LogP contribution in [0.4, 0.5) is 4.39 Å². The Kier molecular flexibility index (Phi) is 3.84. The molecule has 0 bridgehead atoms. The summed E-state index contributed by atoms with van der Waals surface area (Å²) in [6.45, 7) is 0. The Balaban J connectivity index is 2.00. The summed E-state index contributed by atoms with van der Waals surface area (Å²) < 4.78 is 19.1. The molecule has 1 aromatic heterocycles. The number of rotatable bonds is 3. The maximum Gasteiger partial charge on any atom is 0.141 e. The molecule has 1 aliphatic rings. The molecule has 1 atom stereocenters. The second kappa shape index (κ2) is 5.47. The highest BCUT2D eigenvalue weighted by atomic mass is 79.9. The van der Waals surface area contributed by atoms with Gasteiger partial charge in [-0.25, -0.2) is 4.39 Å². The third-order valence-corrected chi connectivity index (χ3v) is 5.50. The number of methoxy groups -OCH3 is 1. The molecule has 1 aromatic carbocycles. The van der Waals surface area contributed by atoms with Gasteiger partial charge in [-0.1, -0.05) is 0 Å². The van der Waals surface area contributed by atoms with Crippen LogP contribution in [0.2, 0.25) is 0 Å². The van der Waals surface area contributed by atoms with Gasteiger partial charge in [0.25, 0.3) is 0 Å². The lowest BCUT2D eigenvalue weighted by Gasteiger charge is -2.14. The van der Waals surface area contributed by atoms with Crippen molar-refractivity contribution in [1.82, 2.24) is 0 Å². The van der Waals surface area contributed by atoms with Crippen LogP contribution in [0.25, 0.3) is 0 Å². The Morgan fingerprint density at radius 1 is 1.35 bits per heavy atom. The smallest absolute Gasteiger partial charge is 0.141 e. The molecule has 0 saturated carbocycles. The number of hydrogen-bond donors (Lipinski definition) is 1. The van der Waals surface area contributed by atoms with Gasteiger partial charge in [0.1, 0.15) is 17.7 Å². The lowest BCUT2D eigenvalue weighted by molar-refractivity contribution is 0.218. The number of aliphatic hydroxyl groups excluding tert-OH is 1. The SMILES string of the molecule is COc1cc(F)c(Br)cc1C(O)c1cc2c(s1)CCC2. The first-order valence-electron chi connectivity index (χ1n) is 6.42. The molecular weight excluding hydrogens is 343 g/mol. The third-order valence-electron chi connectivity index (χ3n) is 3.60. The van der Waals surface area contributed by atoms with Crippen LogP contribution in [0.3, 0.4) is 0 Å². The summed E-state index contributed by atoms with van der Waals surface area (Å²) in [7, 11) is 1.48. The van der Waals surface area contributed by atoms with E-state index >= 15 is 0 Å². The van der Waals surface area contributed by atoms with Crippen molar-refractivity contribution in [3.05, 3.63) is 49.4 Å². The van der Waals surface area contributed by atoms with Crippen molar-refractivity contribution < 1.29 is 14.2 Å². The quantitative estimate of drug-likeness (QED) is 0.891. The van der Waals surface area contributed by atoms with Gasteiger partial charge in [-0.15, -0.1) is 11.3 Å². The van der Waals surface area contributed by atoms with Crippen molar-refractivity contribution in [1.29, 1.82) is 0 Å². The maximum atomic E-state index is 13.5. The van der Waals surface area contributed by atoms with E-state index in [0.29, 0.717) is 15.8 Å². The Morgan fingerprint density at radius 3 is 2.85 bits per heavy atom. The Labute approximate surface area is 129 Å². The zero-order chi connectivity index (χ0) is 14.3. The molecule has 0 aliphatic heterocycles. The van der Waals surface area contributed by atoms with E-state index in [1.54, 1.807) is 17.4 Å². The number of benzene rings is 1. The number of halogens is 2. The van der Waals surface area contributed by atoms with E-state index in [2.05, 4.69) is 22.0 Å². The minimum Gasteiger partial charge on any atom is -0.496 e. The van der Waals surface area contributed by atoms with Gasteiger partial charge in [0.2, 0.25) is 0 Å². The van der Waals surface area contributed by atoms with E-state index in [1.165, 1.54) is 30.0 Å². The first-order valence-corrected chi connectivity index (χ1v) is 8.03. The van der Waals surface area contributed by atoms with Gasteiger partial charge < -0.3 is 9.84 Å². The summed E-state index contributed by atoms with van der Waals surface area (Å²) in [4.78, 5) is 2.26. The summed E-state index contributed by atoms with van der Waals surface area (Å²) in [5.74, 6) is -0.0294. The van der Waals surface area contributed by atoms with E-state index < -0.39 is 11.9 Å². The number of thiophene rings is 1. The normalized spacial score (nSPS) is 15.2. The molecule has 1 N–H and O–H groups in total. The molecule has 1 heterocycles. The van der Waals surface area contributed by atoms with Crippen molar-refractivity contribution >= 4 is 27.3 Å². The largest absolute Gasteiger partial charge is 0.496 e. The van der Waals surface area contributed by atoms with Crippen molar-refractivity contribution in [2.75, 3.05) is 7.11 Å². The molecule has 5 heteroatoms. The predicted octanol–water partition coefficient (Wildman–Crippen LogP) is 4.23. The third kappa shape index (κ3) is 2.38. The van der Waals surface area contributed by atoms with Gasteiger partial charge in [0.15, 0.2) is 0 Å². The van der Waals surface area contributed by atoms with E-state index in [1.807, 2.05) is 0 Å². The second-order valence-electron chi connectivity index (χ2n) is 4.86. The van der Waals surface area contributed by atoms with Gasteiger partial charge in [0, 0.05) is 21.4 Å². The highest BCUT2D eigenvalue weighted by Crippen LogP contribution is 2.39.